The molecule has 0 aliphatic heterocycles. The van der Waals surface area contributed by atoms with E-state index in [2.05, 4.69) is 6.58 Å². The number of carbonyl (C=O) groups excluding carboxylic acids is 1. The average molecular weight is 315 g/mol. The lowest BCUT2D eigenvalue weighted by atomic mass is 10.1. The van der Waals surface area contributed by atoms with Crippen molar-refractivity contribution in [1.82, 2.24) is 4.90 Å². The molecule has 4 heteroatoms. The van der Waals surface area contributed by atoms with Crippen LogP contribution in [-0.2, 0) is 17.8 Å². The van der Waals surface area contributed by atoms with Crippen molar-refractivity contribution in [3.05, 3.63) is 64.9 Å². The molecule has 0 N–H and O–H groups in total. The second-order valence-electron chi connectivity index (χ2n) is 4.91. The molecule has 0 atom stereocenters. The molecule has 0 saturated heterocycles. The van der Waals surface area contributed by atoms with Gasteiger partial charge in [0.25, 0.3) is 0 Å². The van der Waals surface area contributed by atoms with Crippen LogP contribution in [-0.4, -0.2) is 24.0 Å². The summed E-state index contributed by atoms with van der Waals surface area (Å²) in [5.74, 6) is 0.937. The highest BCUT2D eigenvalue weighted by atomic mass is 32.1. The third-order valence-electron chi connectivity index (χ3n) is 3.27. The molecule has 0 spiro atoms. The van der Waals surface area contributed by atoms with Crippen LogP contribution < -0.4 is 4.74 Å². The van der Waals surface area contributed by atoms with E-state index < -0.39 is 0 Å². The number of hydrogen-bond acceptors (Lipinski definition) is 3. The van der Waals surface area contributed by atoms with Crippen LogP contribution in [0.25, 0.3) is 0 Å². The number of para-hydroxylation sites is 1. The van der Waals surface area contributed by atoms with Crippen LogP contribution >= 0.6 is 11.3 Å². The van der Waals surface area contributed by atoms with Gasteiger partial charge < -0.3 is 9.64 Å². The number of hydrogen-bond donors (Lipinski definition) is 0. The summed E-state index contributed by atoms with van der Waals surface area (Å²) in [6.45, 7) is 7.39. The number of benzene rings is 1. The zero-order valence-corrected chi connectivity index (χ0v) is 13.6. The van der Waals surface area contributed by atoms with Crippen molar-refractivity contribution in [3.63, 3.8) is 0 Å². The van der Waals surface area contributed by atoms with Crippen molar-refractivity contribution in [1.29, 1.82) is 0 Å². The van der Waals surface area contributed by atoms with Gasteiger partial charge in [0.1, 0.15) is 5.75 Å². The standard InChI is InChI=1S/C18H21NO2S/c1-3-10-19(18(20)12-15-9-11-22-14-15)13-16-7-5-6-8-17(16)21-4-2/h3,5-9,11,14H,1,4,10,12-13H2,2H3. The summed E-state index contributed by atoms with van der Waals surface area (Å²) >= 11 is 1.61. The van der Waals surface area contributed by atoms with Crippen LogP contribution in [0.1, 0.15) is 18.1 Å². The summed E-state index contributed by atoms with van der Waals surface area (Å²) < 4.78 is 5.64. The van der Waals surface area contributed by atoms with Gasteiger partial charge in [-0.05, 0) is 35.4 Å². The van der Waals surface area contributed by atoms with Crippen LogP contribution in [0.15, 0.2) is 53.7 Å². The van der Waals surface area contributed by atoms with Crippen LogP contribution in [0.2, 0.25) is 0 Å². The Bertz CT molecular complexity index is 607. The Hall–Kier alpha value is -2.07. The number of nitrogens with zero attached hydrogens (tertiary/aromatic N) is 1. The Morgan fingerprint density at radius 2 is 2.18 bits per heavy atom. The van der Waals surface area contributed by atoms with Gasteiger partial charge >= 0.3 is 0 Å². The molecule has 116 valence electrons. The van der Waals surface area contributed by atoms with E-state index in [1.165, 1.54) is 0 Å². The predicted octanol–water partition coefficient (Wildman–Crippen LogP) is 3.90. The van der Waals surface area contributed by atoms with E-state index in [0.717, 1.165) is 16.9 Å². The average Bonchev–Trinajstić information content (AvgIpc) is 3.02. The molecule has 0 saturated carbocycles. The smallest absolute Gasteiger partial charge is 0.227 e. The molecular weight excluding hydrogens is 294 g/mol. The van der Waals surface area contributed by atoms with Gasteiger partial charge in [0, 0.05) is 18.7 Å². The largest absolute Gasteiger partial charge is 0.494 e. The molecule has 1 amide bonds. The van der Waals surface area contributed by atoms with Gasteiger partial charge in [-0.3, -0.25) is 4.79 Å². The van der Waals surface area contributed by atoms with E-state index >= 15 is 0 Å². The maximum atomic E-state index is 12.5. The maximum absolute atomic E-state index is 12.5. The number of rotatable bonds is 8. The van der Waals surface area contributed by atoms with E-state index in [-0.39, 0.29) is 5.91 Å². The number of carbonyl (C=O) groups is 1. The van der Waals surface area contributed by atoms with E-state index in [9.17, 15) is 4.79 Å². The first-order valence-electron chi connectivity index (χ1n) is 7.35. The van der Waals surface area contributed by atoms with Crippen molar-refractivity contribution < 1.29 is 9.53 Å². The summed E-state index contributed by atoms with van der Waals surface area (Å²) in [6.07, 6.45) is 2.18. The van der Waals surface area contributed by atoms with E-state index in [1.54, 1.807) is 17.4 Å². The summed E-state index contributed by atoms with van der Waals surface area (Å²) in [5, 5.41) is 4.00. The molecule has 1 aromatic heterocycles. The van der Waals surface area contributed by atoms with Crippen LogP contribution in [0.4, 0.5) is 0 Å². The highest BCUT2D eigenvalue weighted by Gasteiger charge is 2.15. The zero-order valence-electron chi connectivity index (χ0n) is 12.8. The molecule has 0 aliphatic rings. The van der Waals surface area contributed by atoms with Crippen molar-refractivity contribution in [3.8, 4) is 5.75 Å². The molecule has 0 fully saturated rings. The molecule has 0 aliphatic carbocycles. The molecule has 22 heavy (non-hydrogen) atoms. The Morgan fingerprint density at radius 3 is 2.86 bits per heavy atom. The lowest BCUT2D eigenvalue weighted by Crippen LogP contribution is -2.32. The minimum atomic E-state index is 0.101. The Morgan fingerprint density at radius 1 is 1.36 bits per heavy atom. The molecule has 2 aromatic rings. The Labute approximate surface area is 135 Å². The Kier molecular flexibility index (Phi) is 6.22. The molecular formula is C18H21NO2S. The number of thiophene rings is 1. The lowest BCUT2D eigenvalue weighted by molar-refractivity contribution is -0.130. The van der Waals surface area contributed by atoms with Crippen LogP contribution in [0, 0.1) is 0 Å². The molecule has 2 rings (SSSR count). The molecule has 0 bridgehead atoms. The summed E-state index contributed by atoms with van der Waals surface area (Å²) in [5.41, 5.74) is 2.08. The third kappa shape index (κ3) is 4.46. The van der Waals surface area contributed by atoms with E-state index in [4.69, 9.17) is 4.74 Å². The van der Waals surface area contributed by atoms with Gasteiger partial charge in [0.05, 0.1) is 13.0 Å². The van der Waals surface area contributed by atoms with Gasteiger partial charge in [-0.25, -0.2) is 0 Å². The van der Waals surface area contributed by atoms with E-state index in [0.29, 0.717) is 26.1 Å². The molecule has 3 nitrogen and oxygen atoms in total. The van der Waals surface area contributed by atoms with Crippen molar-refractivity contribution in [2.75, 3.05) is 13.2 Å². The van der Waals surface area contributed by atoms with Crippen LogP contribution in [0.3, 0.4) is 0 Å². The quantitative estimate of drug-likeness (QED) is 0.691. The first kappa shape index (κ1) is 16.3. The highest BCUT2D eigenvalue weighted by Crippen LogP contribution is 2.20. The fraction of sp³-hybridized carbons (Fsp3) is 0.278. The van der Waals surface area contributed by atoms with Gasteiger partial charge in [-0.15, -0.1) is 6.58 Å². The minimum Gasteiger partial charge on any atom is -0.494 e. The zero-order chi connectivity index (χ0) is 15.8. The minimum absolute atomic E-state index is 0.101. The first-order valence-corrected chi connectivity index (χ1v) is 8.29. The van der Waals surface area contributed by atoms with E-state index in [1.807, 2.05) is 52.9 Å². The Balaban J connectivity index is 2.11. The molecule has 1 heterocycles. The number of ether oxygens (including phenoxy) is 1. The van der Waals surface area contributed by atoms with Gasteiger partial charge in [0.15, 0.2) is 0 Å². The second-order valence-corrected chi connectivity index (χ2v) is 5.69. The first-order chi connectivity index (χ1) is 10.7. The van der Waals surface area contributed by atoms with Crippen LogP contribution in [0.5, 0.6) is 5.75 Å². The van der Waals surface area contributed by atoms with Crippen molar-refractivity contribution in [2.24, 2.45) is 0 Å². The third-order valence-corrected chi connectivity index (χ3v) is 4.00. The fourth-order valence-corrected chi connectivity index (χ4v) is 2.90. The molecule has 0 unspecified atom stereocenters. The number of amides is 1. The summed E-state index contributed by atoms with van der Waals surface area (Å²) in [6, 6.07) is 9.84. The fourth-order valence-electron chi connectivity index (χ4n) is 2.23. The summed E-state index contributed by atoms with van der Waals surface area (Å²) in [4.78, 5) is 14.3. The topological polar surface area (TPSA) is 29.5 Å². The maximum Gasteiger partial charge on any atom is 0.227 e. The van der Waals surface area contributed by atoms with Gasteiger partial charge in [-0.1, -0.05) is 24.3 Å². The van der Waals surface area contributed by atoms with Crippen molar-refractivity contribution in [2.45, 2.75) is 19.9 Å². The predicted molar refractivity (Wildman–Crippen MR) is 91.2 cm³/mol. The monoisotopic (exact) mass is 315 g/mol. The molecule has 0 radical (unpaired) electrons. The second kappa shape index (κ2) is 8.39. The normalized spacial score (nSPS) is 10.2. The summed E-state index contributed by atoms with van der Waals surface area (Å²) in [7, 11) is 0. The lowest BCUT2D eigenvalue weighted by Gasteiger charge is -2.22. The molecule has 1 aromatic carbocycles. The van der Waals surface area contributed by atoms with Gasteiger partial charge in [-0.2, -0.15) is 11.3 Å². The SMILES string of the molecule is C=CCN(Cc1ccccc1OCC)C(=O)Cc1ccsc1. The van der Waals surface area contributed by atoms with Crippen molar-refractivity contribution >= 4 is 17.2 Å². The highest BCUT2D eigenvalue weighted by molar-refractivity contribution is 7.07. The van der Waals surface area contributed by atoms with Gasteiger partial charge in [0.2, 0.25) is 5.91 Å².